The van der Waals surface area contributed by atoms with E-state index >= 15 is 0 Å². The molecule has 0 unspecified atom stereocenters. The number of carbonyl (C=O) groups is 2. The Balaban J connectivity index is 2.07. The molecule has 1 aliphatic heterocycles. The van der Waals surface area contributed by atoms with Crippen molar-refractivity contribution in [1.29, 1.82) is 0 Å². The van der Waals surface area contributed by atoms with Crippen LogP contribution in [0.4, 0.5) is 5.69 Å². The van der Waals surface area contributed by atoms with E-state index in [-0.39, 0.29) is 11.8 Å². The van der Waals surface area contributed by atoms with Crippen LogP contribution in [0, 0.1) is 0 Å². The molecule has 6 heteroatoms. The summed E-state index contributed by atoms with van der Waals surface area (Å²) in [5.41, 5.74) is 0.449. The van der Waals surface area contributed by atoms with E-state index in [2.05, 4.69) is 10.6 Å². The van der Waals surface area contributed by atoms with Crippen LogP contribution in [0.3, 0.4) is 0 Å². The number of amides is 2. The monoisotopic (exact) mass is 272 g/mol. The summed E-state index contributed by atoms with van der Waals surface area (Å²) in [7, 11) is 0. The Kier molecular flexibility index (Phi) is 3.54. The largest absolute Gasteiger partial charge is 0.344 e. The molecule has 1 aromatic carbocycles. The highest BCUT2D eigenvalue weighted by atomic mass is 35.5. The first kappa shape index (κ1) is 12.2. The van der Waals surface area contributed by atoms with Crippen LogP contribution in [0.15, 0.2) is 18.2 Å². The molecule has 0 spiro atoms. The third-order valence-electron chi connectivity index (χ3n) is 2.50. The molecule has 0 radical (unpaired) electrons. The van der Waals surface area contributed by atoms with Crippen molar-refractivity contribution in [1.82, 2.24) is 5.32 Å². The Morgan fingerprint density at radius 2 is 2.18 bits per heavy atom. The Morgan fingerprint density at radius 3 is 2.82 bits per heavy atom. The van der Waals surface area contributed by atoms with E-state index in [0.29, 0.717) is 28.6 Å². The van der Waals surface area contributed by atoms with E-state index in [1.165, 1.54) is 0 Å². The lowest BCUT2D eigenvalue weighted by Crippen LogP contribution is -2.37. The average Bonchev–Trinajstić information content (AvgIpc) is 2.70. The number of hydrogen-bond acceptors (Lipinski definition) is 2. The van der Waals surface area contributed by atoms with E-state index in [4.69, 9.17) is 23.2 Å². The predicted molar refractivity (Wildman–Crippen MR) is 66.3 cm³/mol. The van der Waals surface area contributed by atoms with E-state index in [1.54, 1.807) is 18.2 Å². The van der Waals surface area contributed by atoms with E-state index < -0.39 is 6.04 Å². The van der Waals surface area contributed by atoms with Crippen LogP contribution in [0.5, 0.6) is 0 Å². The summed E-state index contributed by atoms with van der Waals surface area (Å²) in [6.45, 7) is 0. The summed E-state index contributed by atoms with van der Waals surface area (Å²) in [5.74, 6) is -0.387. The number of nitrogens with one attached hydrogen (secondary N) is 2. The maximum Gasteiger partial charge on any atom is 0.247 e. The van der Waals surface area contributed by atoms with Gasteiger partial charge in [0, 0.05) is 11.4 Å². The van der Waals surface area contributed by atoms with Gasteiger partial charge in [-0.3, -0.25) is 9.59 Å². The van der Waals surface area contributed by atoms with Crippen molar-refractivity contribution < 1.29 is 9.59 Å². The molecular weight excluding hydrogens is 263 g/mol. The van der Waals surface area contributed by atoms with Crippen LogP contribution in [0.2, 0.25) is 10.0 Å². The minimum atomic E-state index is -0.488. The summed E-state index contributed by atoms with van der Waals surface area (Å²) in [5, 5.41) is 6.12. The number of benzene rings is 1. The van der Waals surface area contributed by atoms with Gasteiger partial charge in [-0.15, -0.1) is 0 Å². The summed E-state index contributed by atoms with van der Waals surface area (Å²) >= 11 is 11.7. The molecule has 1 heterocycles. The highest BCUT2D eigenvalue weighted by molar-refractivity contribution is 6.35. The molecule has 2 amide bonds. The van der Waals surface area contributed by atoms with Crippen molar-refractivity contribution >= 4 is 40.7 Å². The van der Waals surface area contributed by atoms with Gasteiger partial charge in [-0.2, -0.15) is 0 Å². The molecule has 90 valence electrons. The molecule has 2 N–H and O–H groups in total. The van der Waals surface area contributed by atoms with Gasteiger partial charge in [0.1, 0.15) is 6.04 Å². The molecule has 1 fully saturated rings. The SMILES string of the molecule is O=C1CC[C@@H](C(=O)Nc2cc(Cl)ccc2Cl)N1. The first-order valence-electron chi connectivity index (χ1n) is 5.11. The van der Waals surface area contributed by atoms with Crippen LogP contribution in [-0.2, 0) is 9.59 Å². The fraction of sp³-hybridized carbons (Fsp3) is 0.273. The molecule has 1 atom stereocenters. The zero-order valence-corrected chi connectivity index (χ0v) is 10.3. The quantitative estimate of drug-likeness (QED) is 0.867. The Hall–Kier alpha value is -1.26. The lowest BCUT2D eigenvalue weighted by molar-refractivity contribution is -0.122. The van der Waals surface area contributed by atoms with Gasteiger partial charge in [0.2, 0.25) is 11.8 Å². The molecule has 0 saturated carbocycles. The van der Waals surface area contributed by atoms with E-state index in [1.807, 2.05) is 0 Å². The second-order valence-corrected chi connectivity index (χ2v) is 4.62. The first-order valence-corrected chi connectivity index (χ1v) is 5.87. The predicted octanol–water partition coefficient (Wildman–Crippen LogP) is 2.21. The first-order chi connectivity index (χ1) is 8.06. The Morgan fingerprint density at radius 1 is 1.41 bits per heavy atom. The van der Waals surface area contributed by atoms with Gasteiger partial charge in [-0.05, 0) is 24.6 Å². The van der Waals surface area contributed by atoms with Crippen LogP contribution < -0.4 is 10.6 Å². The van der Waals surface area contributed by atoms with Gasteiger partial charge in [-0.1, -0.05) is 23.2 Å². The molecule has 0 bridgehead atoms. The normalized spacial score (nSPS) is 18.9. The highest BCUT2D eigenvalue weighted by Gasteiger charge is 2.27. The molecule has 17 heavy (non-hydrogen) atoms. The van der Waals surface area contributed by atoms with Crippen LogP contribution >= 0.6 is 23.2 Å². The maximum absolute atomic E-state index is 11.8. The number of rotatable bonds is 2. The molecule has 0 aliphatic carbocycles. The fourth-order valence-electron chi connectivity index (χ4n) is 1.62. The number of halogens is 2. The Labute approximate surface area is 108 Å². The molecule has 1 saturated heterocycles. The topological polar surface area (TPSA) is 58.2 Å². The zero-order valence-electron chi connectivity index (χ0n) is 8.80. The summed E-state index contributed by atoms with van der Waals surface area (Å²) in [6.07, 6.45) is 0.879. The minimum Gasteiger partial charge on any atom is -0.344 e. The second kappa shape index (κ2) is 4.94. The number of anilines is 1. The molecule has 4 nitrogen and oxygen atoms in total. The summed E-state index contributed by atoms with van der Waals surface area (Å²) in [6, 6.07) is 4.32. The average molecular weight is 273 g/mol. The standard InChI is InChI=1S/C11H10Cl2N2O2/c12-6-1-2-7(13)9(5-6)15-11(17)8-3-4-10(16)14-8/h1-2,5,8H,3-4H2,(H,14,16)(H,15,17)/t8-/m0/s1. The number of hydrogen-bond donors (Lipinski definition) is 2. The van der Waals surface area contributed by atoms with E-state index in [9.17, 15) is 9.59 Å². The van der Waals surface area contributed by atoms with Gasteiger partial charge in [0.25, 0.3) is 0 Å². The van der Waals surface area contributed by atoms with Gasteiger partial charge >= 0.3 is 0 Å². The van der Waals surface area contributed by atoms with Crippen molar-refractivity contribution in [3.63, 3.8) is 0 Å². The van der Waals surface area contributed by atoms with Crippen molar-refractivity contribution in [2.24, 2.45) is 0 Å². The number of carbonyl (C=O) groups excluding carboxylic acids is 2. The molecule has 1 aliphatic rings. The molecular formula is C11H10Cl2N2O2. The van der Waals surface area contributed by atoms with Gasteiger partial charge in [0.05, 0.1) is 10.7 Å². The Bertz CT molecular complexity index is 477. The van der Waals surface area contributed by atoms with Crippen molar-refractivity contribution in [2.75, 3.05) is 5.32 Å². The zero-order chi connectivity index (χ0) is 12.4. The smallest absolute Gasteiger partial charge is 0.247 e. The molecule has 1 aromatic rings. The van der Waals surface area contributed by atoms with Crippen molar-refractivity contribution in [3.8, 4) is 0 Å². The minimum absolute atomic E-state index is 0.109. The highest BCUT2D eigenvalue weighted by Crippen LogP contribution is 2.25. The summed E-state index contributed by atoms with van der Waals surface area (Å²) < 4.78 is 0. The van der Waals surface area contributed by atoms with E-state index in [0.717, 1.165) is 0 Å². The van der Waals surface area contributed by atoms with Crippen LogP contribution in [0.1, 0.15) is 12.8 Å². The third-order valence-corrected chi connectivity index (χ3v) is 3.06. The molecule has 0 aromatic heterocycles. The maximum atomic E-state index is 11.8. The van der Waals surface area contributed by atoms with Crippen molar-refractivity contribution in [3.05, 3.63) is 28.2 Å². The van der Waals surface area contributed by atoms with Gasteiger partial charge in [-0.25, -0.2) is 0 Å². The summed E-state index contributed by atoms with van der Waals surface area (Å²) in [4.78, 5) is 22.8. The second-order valence-electron chi connectivity index (χ2n) is 3.77. The lowest BCUT2D eigenvalue weighted by atomic mass is 10.2. The van der Waals surface area contributed by atoms with Gasteiger partial charge in [0.15, 0.2) is 0 Å². The third kappa shape index (κ3) is 2.90. The van der Waals surface area contributed by atoms with Crippen LogP contribution in [-0.4, -0.2) is 17.9 Å². The van der Waals surface area contributed by atoms with Gasteiger partial charge < -0.3 is 10.6 Å². The van der Waals surface area contributed by atoms with Crippen molar-refractivity contribution in [2.45, 2.75) is 18.9 Å². The van der Waals surface area contributed by atoms with Crippen LogP contribution in [0.25, 0.3) is 0 Å². The molecule has 2 rings (SSSR count). The lowest BCUT2D eigenvalue weighted by Gasteiger charge is -2.12. The fourth-order valence-corrected chi connectivity index (χ4v) is 1.96.